The third-order valence-corrected chi connectivity index (χ3v) is 7.29. The number of morpholine rings is 1. The van der Waals surface area contributed by atoms with E-state index in [1.165, 1.54) is 0 Å². The molecule has 39 heavy (non-hydrogen) atoms. The number of Topliss-reactive ketones (excluding diaryl/α,β-unsaturated/α-hetero) is 1. The minimum Gasteiger partial charge on any atom is -0.507 e. The van der Waals surface area contributed by atoms with E-state index in [1.807, 2.05) is 68.4 Å². The molecule has 0 bridgehead atoms. The summed E-state index contributed by atoms with van der Waals surface area (Å²) < 4.78 is 12.7. The lowest BCUT2D eigenvalue weighted by Gasteiger charge is -2.29. The summed E-state index contributed by atoms with van der Waals surface area (Å²) in [6, 6.07) is 16.2. The minimum absolute atomic E-state index is 0.0752. The largest absolute Gasteiger partial charge is 0.507 e. The highest BCUT2D eigenvalue weighted by atomic mass is 16.5. The minimum atomic E-state index is -0.718. The second-order valence-electron chi connectivity index (χ2n) is 9.69. The Morgan fingerprint density at radius 3 is 2.46 bits per heavy atom. The van der Waals surface area contributed by atoms with Crippen molar-refractivity contribution in [3.8, 4) is 11.4 Å². The van der Waals surface area contributed by atoms with Crippen molar-refractivity contribution >= 4 is 17.4 Å². The summed E-state index contributed by atoms with van der Waals surface area (Å²) in [4.78, 5) is 30.7. The number of carbonyl (C=O) groups is 2. The molecular formula is C30H34N4O5. The first kappa shape index (κ1) is 26.6. The van der Waals surface area contributed by atoms with Gasteiger partial charge in [0.1, 0.15) is 11.5 Å². The number of benzene rings is 2. The van der Waals surface area contributed by atoms with E-state index < -0.39 is 17.7 Å². The molecule has 2 aliphatic rings. The molecule has 0 saturated carbocycles. The van der Waals surface area contributed by atoms with Crippen molar-refractivity contribution in [3.05, 3.63) is 83.2 Å². The van der Waals surface area contributed by atoms with Crippen LogP contribution in [-0.4, -0.2) is 82.4 Å². The summed E-state index contributed by atoms with van der Waals surface area (Å²) in [7, 11) is 0. The van der Waals surface area contributed by atoms with Crippen LogP contribution >= 0.6 is 0 Å². The third kappa shape index (κ3) is 5.46. The number of para-hydroxylation sites is 1. The fraction of sp³-hybridized carbons (Fsp3) is 0.367. The Hall–Kier alpha value is -3.95. The molecule has 204 valence electrons. The molecule has 0 unspecified atom stereocenters. The van der Waals surface area contributed by atoms with Gasteiger partial charge in [0.15, 0.2) is 0 Å². The second-order valence-corrected chi connectivity index (χ2v) is 9.69. The van der Waals surface area contributed by atoms with E-state index in [4.69, 9.17) is 9.47 Å². The maximum absolute atomic E-state index is 13.4. The van der Waals surface area contributed by atoms with Gasteiger partial charge in [0, 0.05) is 26.2 Å². The highest BCUT2D eigenvalue weighted by Crippen LogP contribution is 2.40. The first-order valence-corrected chi connectivity index (χ1v) is 13.4. The number of aromatic nitrogens is 2. The number of likely N-dealkylation sites (tertiary alicyclic amines) is 1. The predicted molar refractivity (Wildman–Crippen MR) is 147 cm³/mol. The van der Waals surface area contributed by atoms with Gasteiger partial charge in [-0.3, -0.25) is 14.5 Å². The number of hydrogen-bond donors (Lipinski definition) is 1. The van der Waals surface area contributed by atoms with Crippen molar-refractivity contribution in [2.75, 3.05) is 46.0 Å². The smallest absolute Gasteiger partial charge is 0.295 e. The van der Waals surface area contributed by atoms with Gasteiger partial charge in [-0.2, -0.15) is 5.10 Å². The number of amides is 1. The number of nitrogens with zero attached hydrogens (tertiary/aromatic N) is 4. The Morgan fingerprint density at radius 1 is 1.05 bits per heavy atom. The quantitative estimate of drug-likeness (QED) is 0.256. The zero-order valence-corrected chi connectivity index (χ0v) is 22.4. The molecule has 0 radical (unpaired) electrons. The van der Waals surface area contributed by atoms with Crippen molar-refractivity contribution in [2.45, 2.75) is 26.3 Å². The molecule has 1 atom stereocenters. The summed E-state index contributed by atoms with van der Waals surface area (Å²) in [6.45, 7) is 8.57. The molecule has 0 aliphatic carbocycles. The highest BCUT2D eigenvalue weighted by Gasteiger charge is 2.46. The molecule has 0 spiro atoms. The van der Waals surface area contributed by atoms with Gasteiger partial charge >= 0.3 is 0 Å². The maximum atomic E-state index is 13.4. The van der Waals surface area contributed by atoms with E-state index in [-0.39, 0.29) is 11.3 Å². The Kier molecular flexibility index (Phi) is 8.09. The number of hydrogen-bond acceptors (Lipinski definition) is 7. The van der Waals surface area contributed by atoms with E-state index in [2.05, 4.69) is 10.00 Å². The zero-order valence-electron chi connectivity index (χ0n) is 22.4. The Bertz CT molecular complexity index is 1340. The van der Waals surface area contributed by atoms with E-state index in [0.717, 1.165) is 30.9 Å². The van der Waals surface area contributed by atoms with Crippen LogP contribution in [0.1, 0.15) is 36.2 Å². The fourth-order valence-electron chi connectivity index (χ4n) is 5.28. The van der Waals surface area contributed by atoms with Crippen molar-refractivity contribution in [2.24, 2.45) is 0 Å². The topological polar surface area (TPSA) is 97.1 Å². The van der Waals surface area contributed by atoms with E-state index in [1.54, 1.807) is 15.8 Å². The average Bonchev–Trinajstić information content (AvgIpc) is 3.47. The van der Waals surface area contributed by atoms with Gasteiger partial charge in [-0.15, -0.1) is 0 Å². The van der Waals surface area contributed by atoms with Crippen molar-refractivity contribution < 1.29 is 24.2 Å². The van der Waals surface area contributed by atoms with Crippen LogP contribution in [0.2, 0.25) is 0 Å². The number of ketones is 1. The summed E-state index contributed by atoms with van der Waals surface area (Å²) in [6.07, 6.45) is 2.24. The van der Waals surface area contributed by atoms with Crippen LogP contribution in [0.5, 0.6) is 5.75 Å². The normalized spacial score (nSPS) is 19.5. The molecule has 2 aliphatic heterocycles. The molecule has 3 aromatic rings. The molecule has 3 heterocycles. The number of carbonyl (C=O) groups excluding carboxylic acids is 2. The molecule has 1 amide bonds. The van der Waals surface area contributed by atoms with Crippen LogP contribution < -0.4 is 4.74 Å². The van der Waals surface area contributed by atoms with Gasteiger partial charge in [-0.25, -0.2) is 4.68 Å². The van der Waals surface area contributed by atoms with Crippen LogP contribution in [-0.2, 0) is 14.3 Å². The van der Waals surface area contributed by atoms with Crippen LogP contribution in [0.3, 0.4) is 0 Å². The van der Waals surface area contributed by atoms with Gasteiger partial charge in [0.05, 0.1) is 54.6 Å². The lowest BCUT2D eigenvalue weighted by atomic mass is 9.95. The standard InChI is InChI=1S/C30H34N4O5/c1-3-39-24-12-10-22(11-13-24)27-26(28(35)25-20-31-34(21(25)2)23-8-5-4-6-9-23)29(36)30(37)33(27)15-7-14-32-16-18-38-19-17-32/h4-6,8-13,20,27,35H,3,7,14-19H2,1-2H3/b28-26+/t27-/m0/s1. The summed E-state index contributed by atoms with van der Waals surface area (Å²) in [5.41, 5.74) is 2.73. The van der Waals surface area contributed by atoms with Gasteiger partial charge in [0.2, 0.25) is 0 Å². The van der Waals surface area contributed by atoms with Crippen LogP contribution in [0.15, 0.2) is 66.4 Å². The van der Waals surface area contributed by atoms with Gasteiger partial charge in [-0.05, 0) is 50.1 Å². The summed E-state index contributed by atoms with van der Waals surface area (Å²) in [5, 5.41) is 16.0. The third-order valence-electron chi connectivity index (χ3n) is 7.29. The number of rotatable bonds is 9. The van der Waals surface area contributed by atoms with E-state index >= 15 is 0 Å². The van der Waals surface area contributed by atoms with Gasteiger partial charge < -0.3 is 19.5 Å². The first-order valence-electron chi connectivity index (χ1n) is 13.4. The first-order chi connectivity index (χ1) is 19.0. The molecule has 9 nitrogen and oxygen atoms in total. The predicted octanol–water partition coefficient (Wildman–Crippen LogP) is 3.72. The molecule has 2 saturated heterocycles. The zero-order chi connectivity index (χ0) is 27.4. The molecular weight excluding hydrogens is 496 g/mol. The molecule has 5 rings (SSSR count). The van der Waals surface area contributed by atoms with Crippen molar-refractivity contribution in [1.82, 2.24) is 19.6 Å². The Balaban J connectivity index is 1.50. The Morgan fingerprint density at radius 2 is 1.77 bits per heavy atom. The molecule has 1 N–H and O–H groups in total. The highest BCUT2D eigenvalue weighted by molar-refractivity contribution is 6.46. The van der Waals surface area contributed by atoms with Gasteiger partial charge in [-0.1, -0.05) is 30.3 Å². The second kappa shape index (κ2) is 11.8. The lowest BCUT2D eigenvalue weighted by molar-refractivity contribution is -0.140. The average molecular weight is 531 g/mol. The molecule has 1 aromatic heterocycles. The summed E-state index contributed by atoms with van der Waals surface area (Å²) in [5.74, 6) is -0.816. The van der Waals surface area contributed by atoms with Crippen LogP contribution in [0.25, 0.3) is 11.4 Å². The fourth-order valence-corrected chi connectivity index (χ4v) is 5.28. The van der Waals surface area contributed by atoms with Crippen LogP contribution in [0.4, 0.5) is 0 Å². The maximum Gasteiger partial charge on any atom is 0.295 e. The van der Waals surface area contributed by atoms with Crippen LogP contribution in [0, 0.1) is 6.92 Å². The molecule has 2 aromatic carbocycles. The summed E-state index contributed by atoms with van der Waals surface area (Å²) >= 11 is 0. The van der Waals surface area contributed by atoms with E-state index in [0.29, 0.717) is 49.8 Å². The van der Waals surface area contributed by atoms with E-state index in [9.17, 15) is 14.7 Å². The SMILES string of the molecule is CCOc1ccc([C@H]2/C(=C(\O)c3cnn(-c4ccccc4)c3C)C(=O)C(=O)N2CCCN2CCOCC2)cc1. The number of aliphatic hydroxyl groups excluding tert-OH is 1. The lowest BCUT2D eigenvalue weighted by Crippen LogP contribution is -2.38. The van der Waals surface area contributed by atoms with Crippen molar-refractivity contribution in [1.29, 1.82) is 0 Å². The Labute approximate surface area is 228 Å². The molecule has 9 heteroatoms. The van der Waals surface area contributed by atoms with Gasteiger partial charge in [0.25, 0.3) is 11.7 Å². The molecule has 2 fully saturated rings. The van der Waals surface area contributed by atoms with Crippen molar-refractivity contribution in [3.63, 3.8) is 0 Å². The number of aliphatic hydroxyl groups is 1. The monoisotopic (exact) mass is 530 g/mol. The number of ether oxygens (including phenoxy) is 2.